The highest BCUT2D eigenvalue weighted by molar-refractivity contribution is 8.01. The molecule has 0 atom stereocenters. The van der Waals surface area contributed by atoms with Crippen molar-refractivity contribution in [2.24, 2.45) is 0 Å². The van der Waals surface area contributed by atoms with Crippen LogP contribution in [0.5, 0.6) is 0 Å². The third-order valence-corrected chi connectivity index (χ3v) is 3.30. The van der Waals surface area contributed by atoms with Crippen LogP contribution in [0.3, 0.4) is 0 Å². The minimum Gasteiger partial charge on any atom is -0.397 e. The van der Waals surface area contributed by atoms with E-state index in [9.17, 15) is 0 Å². The molecule has 0 aliphatic heterocycles. The maximum Gasteiger partial charge on any atom is 0.180 e. The predicted octanol–water partition coefficient (Wildman–Crippen LogP) is 1.97. The second kappa shape index (κ2) is 3.93. The Labute approximate surface area is 89.6 Å². The van der Waals surface area contributed by atoms with Gasteiger partial charge in [0, 0.05) is 0 Å². The zero-order valence-corrected chi connectivity index (χ0v) is 9.10. The van der Waals surface area contributed by atoms with Crippen molar-refractivity contribution >= 4 is 28.8 Å². The lowest BCUT2D eigenvalue weighted by Crippen LogP contribution is -1.86. The molecule has 4 nitrogen and oxygen atoms in total. The van der Waals surface area contributed by atoms with E-state index in [4.69, 9.17) is 5.73 Å². The Bertz CT molecular complexity index is 423. The molecule has 72 valence electrons. The number of aryl methyl sites for hydroxylation is 1. The van der Waals surface area contributed by atoms with Crippen molar-refractivity contribution < 1.29 is 0 Å². The number of nitrogen functional groups attached to an aromatic ring is 1. The normalized spacial score (nSPS) is 10.4. The molecule has 0 bridgehead atoms. The quantitative estimate of drug-likeness (QED) is 0.845. The number of hydrogen-bond acceptors (Lipinski definition) is 6. The van der Waals surface area contributed by atoms with E-state index in [1.807, 2.05) is 19.1 Å². The Kier molecular flexibility index (Phi) is 2.64. The molecule has 0 saturated carbocycles. The fourth-order valence-electron chi connectivity index (χ4n) is 0.861. The maximum atomic E-state index is 5.53. The Morgan fingerprint density at radius 3 is 2.79 bits per heavy atom. The average molecular weight is 224 g/mol. The van der Waals surface area contributed by atoms with Crippen molar-refractivity contribution in [3.63, 3.8) is 0 Å². The van der Waals surface area contributed by atoms with Crippen LogP contribution in [0.4, 0.5) is 5.69 Å². The minimum atomic E-state index is 0.669. The summed E-state index contributed by atoms with van der Waals surface area (Å²) in [6.45, 7) is 1.93. The summed E-state index contributed by atoms with van der Waals surface area (Å²) in [5.41, 5.74) is 6.20. The summed E-state index contributed by atoms with van der Waals surface area (Å²) in [5, 5.41) is 9.76. The summed E-state index contributed by atoms with van der Waals surface area (Å²) in [6, 6.07) is 3.69. The van der Waals surface area contributed by atoms with Crippen LogP contribution in [-0.2, 0) is 0 Å². The standard InChI is InChI=1S/C8H8N4S2/c1-5-11-12-8(13-5)14-7-3-2-6(9)4-10-7/h2-4H,9H2,1H3. The van der Waals surface area contributed by atoms with Gasteiger partial charge in [-0.05, 0) is 30.8 Å². The minimum absolute atomic E-state index is 0.669. The Hall–Kier alpha value is -1.14. The monoisotopic (exact) mass is 224 g/mol. The van der Waals surface area contributed by atoms with Crippen LogP contribution < -0.4 is 5.73 Å². The number of nitrogens with zero attached hydrogens (tertiary/aromatic N) is 3. The number of nitrogens with two attached hydrogens (primary N) is 1. The molecule has 2 N–H and O–H groups in total. The molecule has 0 saturated heterocycles. The lowest BCUT2D eigenvalue weighted by atomic mass is 10.4. The van der Waals surface area contributed by atoms with Crippen molar-refractivity contribution in [2.75, 3.05) is 5.73 Å². The molecule has 2 rings (SSSR count). The molecule has 0 fully saturated rings. The van der Waals surface area contributed by atoms with Crippen molar-refractivity contribution in [3.8, 4) is 0 Å². The summed E-state index contributed by atoms with van der Waals surface area (Å²) in [4.78, 5) is 4.16. The highest BCUT2D eigenvalue weighted by atomic mass is 32.2. The molecule has 0 spiro atoms. The van der Waals surface area contributed by atoms with Gasteiger partial charge in [-0.2, -0.15) is 0 Å². The number of aromatic nitrogens is 3. The van der Waals surface area contributed by atoms with E-state index in [0.29, 0.717) is 5.69 Å². The van der Waals surface area contributed by atoms with Gasteiger partial charge in [0.15, 0.2) is 4.34 Å². The molecule has 2 heterocycles. The van der Waals surface area contributed by atoms with Crippen LogP contribution in [0.1, 0.15) is 5.01 Å². The van der Waals surface area contributed by atoms with E-state index in [0.717, 1.165) is 14.4 Å². The van der Waals surface area contributed by atoms with Crippen LogP contribution in [0.25, 0.3) is 0 Å². The summed E-state index contributed by atoms with van der Waals surface area (Å²) in [5.74, 6) is 0. The van der Waals surface area contributed by atoms with Gasteiger partial charge in [-0.1, -0.05) is 11.3 Å². The Balaban J connectivity index is 2.15. The fraction of sp³-hybridized carbons (Fsp3) is 0.125. The first-order valence-electron chi connectivity index (χ1n) is 3.93. The number of hydrogen-bond donors (Lipinski definition) is 1. The summed E-state index contributed by atoms with van der Waals surface area (Å²) in [7, 11) is 0. The molecule has 0 amide bonds. The average Bonchev–Trinajstić information content (AvgIpc) is 2.56. The van der Waals surface area contributed by atoms with E-state index in [2.05, 4.69) is 15.2 Å². The topological polar surface area (TPSA) is 64.7 Å². The molecule has 6 heteroatoms. The lowest BCUT2D eigenvalue weighted by Gasteiger charge is -1.95. The molecule has 0 radical (unpaired) electrons. The van der Waals surface area contributed by atoms with Gasteiger partial charge < -0.3 is 5.73 Å². The molecule has 0 unspecified atom stereocenters. The Morgan fingerprint density at radius 1 is 1.36 bits per heavy atom. The Morgan fingerprint density at radius 2 is 2.21 bits per heavy atom. The third-order valence-electron chi connectivity index (χ3n) is 1.46. The molecular weight excluding hydrogens is 216 g/mol. The summed E-state index contributed by atoms with van der Waals surface area (Å²) >= 11 is 3.05. The van der Waals surface area contributed by atoms with Crippen molar-refractivity contribution in [1.29, 1.82) is 0 Å². The zero-order chi connectivity index (χ0) is 9.97. The zero-order valence-electron chi connectivity index (χ0n) is 7.47. The highest BCUT2D eigenvalue weighted by Crippen LogP contribution is 2.28. The van der Waals surface area contributed by atoms with E-state index in [-0.39, 0.29) is 0 Å². The molecule has 0 aliphatic rings. The van der Waals surface area contributed by atoms with Crippen LogP contribution in [-0.4, -0.2) is 15.2 Å². The summed E-state index contributed by atoms with van der Waals surface area (Å²) in [6.07, 6.45) is 1.64. The van der Waals surface area contributed by atoms with E-state index in [1.165, 1.54) is 11.8 Å². The largest absolute Gasteiger partial charge is 0.397 e. The van der Waals surface area contributed by atoms with E-state index >= 15 is 0 Å². The van der Waals surface area contributed by atoms with Gasteiger partial charge in [-0.25, -0.2) is 4.98 Å². The molecule has 2 aromatic rings. The third kappa shape index (κ3) is 2.21. The first kappa shape index (κ1) is 9.42. The molecule has 14 heavy (non-hydrogen) atoms. The first-order valence-corrected chi connectivity index (χ1v) is 5.57. The predicted molar refractivity (Wildman–Crippen MR) is 57.4 cm³/mol. The second-order valence-corrected chi connectivity index (χ2v) is 5.07. The molecular formula is C8H8N4S2. The van der Waals surface area contributed by atoms with Gasteiger partial charge in [-0.15, -0.1) is 10.2 Å². The van der Waals surface area contributed by atoms with E-state index < -0.39 is 0 Å². The maximum absolute atomic E-state index is 5.53. The van der Waals surface area contributed by atoms with E-state index in [1.54, 1.807) is 17.5 Å². The number of rotatable bonds is 2. The van der Waals surface area contributed by atoms with Gasteiger partial charge in [0.1, 0.15) is 10.0 Å². The second-order valence-electron chi connectivity index (χ2n) is 2.62. The lowest BCUT2D eigenvalue weighted by molar-refractivity contribution is 0.981. The highest BCUT2D eigenvalue weighted by Gasteiger charge is 2.03. The van der Waals surface area contributed by atoms with Crippen LogP contribution in [0.2, 0.25) is 0 Å². The van der Waals surface area contributed by atoms with Gasteiger partial charge in [0.2, 0.25) is 0 Å². The van der Waals surface area contributed by atoms with Crippen LogP contribution in [0.15, 0.2) is 27.7 Å². The molecule has 0 aromatic carbocycles. The van der Waals surface area contributed by atoms with Crippen LogP contribution >= 0.6 is 23.1 Å². The molecule has 0 aliphatic carbocycles. The van der Waals surface area contributed by atoms with Crippen molar-refractivity contribution in [1.82, 2.24) is 15.2 Å². The van der Waals surface area contributed by atoms with Gasteiger partial charge in [-0.3, -0.25) is 0 Å². The molecule has 2 aromatic heterocycles. The fourth-order valence-corrected chi connectivity index (χ4v) is 2.56. The van der Waals surface area contributed by atoms with Crippen molar-refractivity contribution in [2.45, 2.75) is 16.3 Å². The van der Waals surface area contributed by atoms with Gasteiger partial charge in [0.25, 0.3) is 0 Å². The van der Waals surface area contributed by atoms with Gasteiger partial charge in [0.05, 0.1) is 11.9 Å². The first-order chi connectivity index (χ1) is 6.74. The van der Waals surface area contributed by atoms with Gasteiger partial charge >= 0.3 is 0 Å². The number of pyridine rings is 1. The SMILES string of the molecule is Cc1nnc(Sc2ccc(N)cn2)s1. The summed E-state index contributed by atoms with van der Waals surface area (Å²) < 4.78 is 0.903. The van der Waals surface area contributed by atoms with Crippen LogP contribution in [0, 0.1) is 6.92 Å². The number of anilines is 1. The smallest absolute Gasteiger partial charge is 0.180 e. The van der Waals surface area contributed by atoms with Crippen molar-refractivity contribution in [3.05, 3.63) is 23.3 Å².